The molecule has 4 amide bonds. The van der Waals surface area contributed by atoms with E-state index in [0.717, 1.165) is 0 Å². The van der Waals surface area contributed by atoms with Gasteiger partial charge in [-0.3, -0.25) is 19.2 Å². The molecule has 0 spiro atoms. The Balaban J connectivity index is 1.99. The van der Waals surface area contributed by atoms with Crippen LogP contribution in [0.15, 0.2) is 36.4 Å². The monoisotopic (exact) mass is 669 g/mol. The molecule has 2 aromatic rings. The van der Waals surface area contributed by atoms with Crippen LogP contribution in [-0.4, -0.2) is 90.2 Å². The number of fused-ring (bicyclic) bond motifs is 5. The van der Waals surface area contributed by atoms with E-state index in [0.29, 0.717) is 54.5 Å². The lowest BCUT2D eigenvalue weighted by molar-refractivity contribution is -0.134. The van der Waals surface area contributed by atoms with E-state index < -0.39 is 47.8 Å². The number of carbonyl (C=O) groups excluding carboxylic acids is 4. The zero-order valence-corrected chi connectivity index (χ0v) is 27.3. The maximum absolute atomic E-state index is 13.9. The second-order valence-corrected chi connectivity index (χ2v) is 12.2. The lowest BCUT2D eigenvalue weighted by Gasteiger charge is -2.26. The number of aromatic hydroxyl groups is 2. The number of amides is 4. The van der Waals surface area contributed by atoms with Crippen LogP contribution in [0.4, 0.5) is 0 Å². The van der Waals surface area contributed by atoms with Crippen LogP contribution in [0.2, 0.25) is 0 Å². The van der Waals surface area contributed by atoms with Gasteiger partial charge in [-0.1, -0.05) is 12.1 Å². The minimum atomic E-state index is -1.27. The van der Waals surface area contributed by atoms with Gasteiger partial charge >= 0.3 is 0 Å². The minimum absolute atomic E-state index is 0.0170. The maximum Gasteiger partial charge on any atom is 0.243 e. The Labute approximate surface area is 280 Å². The number of nitrogens with two attached hydrogens (primary N) is 5. The molecule has 15 nitrogen and oxygen atoms in total. The summed E-state index contributed by atoms with van der Waals surface area (Å²) in [6.07, 6.45) is 2.33. The number of hydrogen-bond donors (Lipinski definition) is 11. The highest BCUT2D eigenvalue weighted by atomic mass is 16.3. The fraction of sp³-hybridized carbons (Fsp3) is 0.515. The molecule has 0 aromatic heterocycles. The second-order valence-electron chi connectivity index (χ2n) is 12.2. The van der Waals surface area contributed by atoms with Crippen LogP contribution < -0.4 is 49.9 Å². The van der Waals surface area contributed by atoms with E-state index in [-0.39, 0.29) is 62.9 Å². The predicted molar refractivity (Wildman–Crippen MR) is 182 cm³/mol. The minimum Gasteiger partial charge on any atom is -0.508 e. The van der Waals surface area contributed by atoms with Gasteiger partial charge in [-0.25, -0.2) is 0 Å². The third-order valence-electron chi connectivity index (χ3n) is 8.30. The van der Waals surface area contributed by atoms with Gasteiger partial charge in [-0.15, -0.1) is 0 Å². The number of nitrogens with one attached hydrogen (secondary N) is 4. The van der Waals surface area contributed by atoms with Crippen molar-refractivity contribution in [1.29, 1.82) is 0 Å². The molecule has 1 heterocycles. The summed E-state index contributed by atoms with van der Waals surface area (Å²) >= 11 is 0. The summed E-state index contributed by atoms with van der Waals surface area (Å²) in [4.78, 5) is 54.0. The molecule has 0 saturated carbocycles. The first-order chi connectivity index (χ1) is 23.0. The molecule has 0 aliphatic carbocycles. The van der Waals surface area contributed by atoms with Crippen molar-refractivity contribution in [2.24, 2.45) is 28.7 Å². The summed E-state index contributed by atoms with van der Waals surface area (Å²) in [7, 11) is 0. The highest BCUT2D eigenvalue weighted by Crippen LogP contribution is 2.31. The zero-order chi connectivity index (χ0) is 35.2. The molecule has 0 radical (unpaired) electrons. The van der Waals surface area contributed by atoms with Crippen LogP contribution in [0.3, 0.4) is 0 Å². The molecule has 0 saturated heterocycles. The Bertz CT molecular complexity index is 1410. The largest absolute Gasteiger partial charge is 0.508 e. The number of rotatable bonds is 14. The SMILES string of the molecule is NCCC[C@H](N)CNC(=O)[C@H](CCCN)NC(=O)[C@@H]1Cc2cc(ccc2O)-c2ccc(O)c(c2)C[C@H](N)C(=O)N[C@@H](CCCN)C(=O)N1. The van der Waals surface area contributed by atoms with Gasteiger partial charge in [0.25, 0.3) is 0 Å². The van der Waals surface area contributed by atoms with Gasteiger partial charge in [0, 0.05) is 25.4 Å². The van der Waals surface area contributed by atoms with E-state index >= 15 is 0 Å². The second kappa shape index (κ2) is 18.9. The van der Waals surface area contributed by atoms with Gasteiger partial charge in [0.1, 0.15) is 29.6 Å². The van der Waals surface area contributed by atoms with Gasteiger partial charge in [-0.2, -0.15) is 0 Å². The first-order valence-electron chi connectivity index (χ1n) is 16.4. The molecule has 0 fully saturated rings. The normalized spacial score (nSPS) is 19.6. The Morgan fingerprint density at radius 3 is 2.02 bits per heavy atom. The molecule has 16 N–H and O–H groups in total. The molecule has 0 unspecified atom stereocenters. The maximum atomic E-state index is 13.9. The van der Waals surface area contributed by atoms with Crippen molar-refractivity contribution in [3.05, 3.63) is 47.5 Å². The molecular weight excluding hydrogens is 618 g/mol. The fourth-order valence-corrected chi connectivity index (χ4v) is 5.46. The number of hydrogen-bond acceptors (Lipinski definition) is 11. The van der Waals surface area contributed by atoms with Gasteiger partial charge in [-0.05, 0) is 105 Å². The van der Waals surface area contributed by atoms with Gasteiger partial charge < -0.3 is 60.1 Å². The Morgan fingerprint density at radius 1 is 0.833 bits per heavy atom. The van der Waals surface area contributed by atoms with E-state index in [4.69, 9.17) is 28.7 Å². The first kappa shape index (κ1) is 38.2. The lowest BCUT2D eigenvalue weighted by Crippen LogP contribution is -2.58. The van der Waals surface area contributed by atoms with Crippen LogP contribution in [0.25, 0.3) is 11.1 Å². The third-order valence-corrected chi connectivity index (χ3v) is 8.30. The molecule has 15 heteroatoms. The summed E-state index contributed by atoms with van der Waals surface area (Å²) in [5.41, 5.74) is 31.3. The van der Waals surface area contributed by atoms with Crippen LogP contribution in [-0.2, 0) is 32.0 Å². The summed E-state index contributed by atoms with van der Waals surface area (Å²) in [6, 6.07) is 4.89. The van der Waals surface area contributed by atoms with Gasteiger partial charge in [0.15, 0.2) is 0 Å². The highest BCUT2D eigenvalue weighted by Gasteiger charge is 2.31. The van der Waals surface area contributed by atoms with E-state index in [1.165, 1.54) is 12.1 Å². The zero-order valence-electron chi connectivity index (χ0n) is 27.3. The summed E-state index contributed by atoms with van der Waals surface area (Å²) < 4.78 is 0. The van der Waals surface area contributed by atoms with Crippen molar-refractivity contribution in [2.45, 2.75) is 81.6 Å². The van der Waals surface area contributed by atoms with E-state index in [9.17, 15) is 29.4 Å². The fourth-order valence-electron chi connectivity index (χ4n) is 5.46. The Hall–Kier alpha value is -4.28. The summed E-state index contributed by atoms with van der Waals surface area (Å²) in [6.45, 7) is 1.17. The van der Waals surface area contributed by atoms with Crippen molar-refractivity contribution >= 4 is 23.6 Å². The van der Waals surface area contributed by atoms with Crippen molar-refractivity contribution in [1.82, 2.24) is 21.3 Å². The number of benzene rings is 2. The summed E-state index contributed by atoms with van der Waals surface area (Å²) in [5.74, 6) is -2.62. The molecule has 1 aliphatic heterocycles. The molecule has 5 atom stereocenters. The molecule has 48 heavy (non-hydrogen) atoms. The van der Waals surface area contributed by atoms with Crippen LogP contribution in [0.1, 0.15) is 49.7 Å². The number of phenols is 2. The molecule has 2 aromatic carbocycles. The molecule has 1 aliphatic rings. The standard InChI is InChI=1S/C33H51N9O6/c34-11-1-4-23(37)18-39-31(46)25(5-2-12-35)41-33(48)27-17-22-15-20(8-10-29(22)44)19-7-9-28(43)21(14-19)16-24(38)30(45)40-26(6-3-13-36)32(47)42-27/h7-10,14-15,23-27,43-44H,1-6,11-13,16-18,34-38H2,(H,39,46)(H,40,45)(H,41,48)(H,42,47)/t23-,24-,25-,26-,27-/m0/s1. The Kier molecular flexibility index (Phi) is 15.0. The van der Waals surface area contributed by atoms with Gasteiger partial charge in [0.05, 0.1) is 6.04 Å². The van der Waals surface area contributed by atoms with Crippen LogP contribution in [0, 0.1) is 0 Å². The van der Waals surface area contributed by atoms with Crippen molar-refractivity contribution < 1.29 is 29.4 Å². The number of phenolic OH excluding ortho intramolecular Hbond substituents is 2. The van der Waals surface area contributed by atoms with Crippen LogP contribution in [0.5, 0.6) is 11.5 Å². The van der Waals surface area contributed by atoms with Crippen molar-refractivity contribution in [3.8, 4) is 22.6 Å². The van der Waals surface area contributed by atoms with Gasteiger partial charge in [0.2, 0.25) is 23.6 Å². The molecule has 4 bridgehead atoms. The molecule has 264 valence electrons. The first-order valence-corrected chi connectivity index (χ1v) is 16.4. The molecular formula is C33H51N9O6. The van der Waals surface area contributed by atoms with Crippen molar-refractivity contribution in [2.75, 3.05) is 26.2 Å². The summed E-state index contributed by atoms with van der Waals surface area (Å²) in [5, 5.41) is 32.3. The topological polar surface area (TPSA) is 287 Å². The smallest absolute Gasteiger partial charge is 0.243 e. The lowest BCUT2D eigenvalue weighted by atomic mass is 9.95. The Morgan fingerprint density at radius 2 is 1.42 bits per heavy atom. The quantitative estimate of drug-likeness (QED) is 0.108. The number of carbonyl (C=O) groups is 4. The van der Waals surface area contributed by atoms with Crippen LogP contribution >= 0.6 is 0 Å². The highest BCUT2D eigenvalue weighted by molar-refractivity contribution is 5.95. The van der Waals surface area contributed by atoms with Crippen molar-refractivity contribution in [3.63, 3.8) is 0 Å². The van der Waals surface area contributed by atoms with E-state index in [1.54, 1.807) is 24.3 Å². The van der Waals surface area contributed by atoms with E-state index in [1.807, 2.05) is 0 Å². The van der Waals surface area contributed by atoms with E-state index in [2.05, 4.69) is 21.3 Å². The molecule has 3 rings (SSSR count). The third kappa shape index (κ3) is 11.2. The predicted octanol–water partition coefficient (Wildman–Crippen LogP) is -1.69. The average Bonchev–Trinajstić information content (AvgIpc) is 3.07. The average molecular weight is 670 g/mol.